The van der Waals surface area contributed by atoms with Crippen LogP contribution in [0.15, 0.2) is 35.1 Å². The van der Waals surface area contributed by atoms with Crippen LogP contribution in [-0.2, 0) is 18.3 Å². The Labute approximate surface area is 144 Å². The molecule has 25 heavy (non-hydrogen) atoms. The predicted octanol–water partition coefficient (Wildman–Crippen LogP) is 2.03. The molecule has 0 fully saturated rings. The fourth-order valence-electron chi connectivity index (χ4n) is 2.86. The third kappa shape index (κ3) is 3.00. The van der Waals surface area contributed by atoms with E-state index in [1.165, 1.54) is 4.52 Å². The molecule has 0 radical (unpaired) electrons. The standard InChI is InChI=1S/C18H19N3O4/c1-11-14(7-8-17(22)23)18(24)21-16(20(11)2)10-15(19-21)12-5-4-6-13(9-12)25-3/h4-6,9-10H,7-8H2,1-3H3,(H,22,23). The van der Waals surface area contributed by atoms with Gasteiger partial charge in [0.25, 0.3) is 5.56 Å². The van der Waals surface area contributed by atoms with E-state index >= 15 is 0 Å². The topological polar surface area (TPSA) is 85.8 Å². The average molecular weight is 341 g/mol. The van der Waals surface area contributed by atoms with Crippen LogP contribution in [0.1, 0.15) is 17.7 Å². The molecule has 0 aliphatic carbocycles. The maximum absolute atomic E-state index is 12.8. The highest BCUT2D eigenvalue weighted by Crippen LogP contribution is 2.24. The molecule has 2 heterocycles. The second-order valence-electron chi connectivity index (χ2n) is 5.85. The van der Waals surface area contributed by atoms with E-state index in [-0.39, 0.29) is 18.4 Å². The molecule has 0 aliphatic rings. The number of nitrogens with zero attached hydrogens (tertiary/aromatic N) is 3. The number of benzene rings is 1. The lowest BCUT2D eigenvalue weighted by atomic mass is 10.1. The smallest absolute Gasteiger partial charge is 0.303 e. The Balaban J connectivity index is 2.17. The number of fused-ring (bicyclic) bond motifs is 1. The Bertz CT molecular complexity index is 1020. The monoisotopic (exact) mass is 341 g/mol. The molecule has 3 rings (SSSR count). The number of methoxy groups -OCH3 is 1. The number of carbonyl (C=O) groups is 1. The Kier molecular flexibility index (Phi) is 4.31. The summed E-state index contributed by atoms with van der Waals surface area (Å²) in [4.78, 5) is 23.6. The number of aliphatic carboxylic acids is 1. The fourth-order valence-corrected chi connectivity index (χ4v) is 2.86. The van der Waals surface area contributed by atoms with E-state index in [0.29, 0.717) is 22.7 Å². The van der Waals surface area contributed by atoms with Crippen molar-refractivity contribution in [1.82, 2.24) is 14.2 Å². The summed E-state index contributed by atoms with van der Waals surface area (Å²) in [7, 11) is 3.43. The van der Waals surface area contributed by atoms with Gasteiger partial charge in [-0.05, 0) is 25.5 Å². The summed E-state index contributed by atoms with van der Waals surface area (Å²) in [6.07, 6.45) is 0.0870. The van der Waals surface area contributed by atoms with Crippen molar-refractivity contribution in [2.75, 3.05) is 7.11 Å². The van der Waals surface area contributed by atoms with Gasteiger partial charge in [-0.25, -0.2) is 0 Å². The highest BCUT2D eigenvalue weighted by atomic mass is 16.5. The summed E-state index contributed by atoms with van der Waals surface area (Å²) in [6, 6.07) is 9.29. The lowest BCUT2D eigenvalue weighted by Gasteiger charge is -2.11. The molecule has 7 nitrogen and oxygen atoms in total. The second-order valence-corrected chi connectivity index (χ2v) is 5.85. The van der Waals surface area contributed by atoms with Crippen molar-refractivity contribution in [1.29, 1.82) is 0 Å². The van der Waals surface area contributed by atoms with Crippen LogP contribution in [0.3, 0.4) is 0 Å². The normalized spacial score (nSPS) is 11.0. The van der Waals surface area contributed by atoms with Crippen LogP contribution in [-0.4, -0.2) is 32.4 Å². The van der Waals surface area contributed by atoms with E-state index in [9.17, 15) is 9.59 Å². The van der Waals surface area contributed by atoms with Crippen molar-refractivity contribution >= 4 is 11.6 Å². The minimum Gasteiger partial charge on any atom is -0.497 e. The minimum atomic E-state index is -0.931. The number of rotatable bonds is 5. The fraction of sp³-hybridized carbons (Fsp3) is 0.278. The highest BCUT2D eigenvalue weighted by Gasteiger charge is 2.16. The van der Waals surface area contributed by atoms with Gasteiger partial charge in [0.15, 0.2) is 0 Å². The zero-order chi connectivity index (χ0) is 18.1. The zero-order valence-corrected chi connectivity index (χ0v) is 14.3. The van der Waals surface area contributed by atoms with E-state index < -0.39 is 5.97 Å². The number of aromatic nitrogens is 3. The summed E-state index contributed by atoms with van der Waals surface area (Å²) in [6.45, 7) is 1.82. The van der Waals surface area contributed by atoms with E-state index in [0.717, 1.165) is 11.3 Å². The number of carboxylic acid groups (broad SMARTS) is 1. The number of aryl methyl sites for hydroxylation is 1. The van der Waals surface area contributed by atoms with Gasteiger partial charge in [0.2, 0.25) is 0 Å². The van der Waals surface area contributed by atoms with Crippen LogP contribution in [0.5, 0.6) is 5.75 Å². The zero-order valence-electron chi connectivity index (χ0n) is 14.3. The molecule has 130 valence electrons. The first-order chi connectivity index (χ1) is 11.9. The van der Waals surface area contributed by atoms with Crippen molar-refractivity contribution in [2.45, 2.75) is 19.8 Å². The van der Waals surface area contributed by atoms with Gasteiger partial charge in [0.1, 0.15) is 11.4 Å². The van der Waals surface area contributed by atoms with Gasteiger partial charge in [0.05, 0.1) is 12.8 Å². The first-order valence-corrected chi connectivity index (χ1v) is 7.87. The molecule has 3 aromatic rings. The Morgan fingerprint density at radius 3 is 2.76 bits per heavy atom. The third-order valence-corrected chi connectivity index (χ3v) is 4.38. The van der Waals surface area contributed by atoms with Crippen LogP contribution >= 0.6 is 0 Å². The molecule has 0 saturated carbocycles. The lowest BCUT2D eigenvalue weighted by Crippen LogP contribution is -2.25. The van der Waals surface area contributed by atoms with Crippen LogP contribution in [0, 0.1) is 6.92 Å². The van der Waals surface area contributed by atoms with Crippen LogP contribution < -0.4 is 10.3 Å². The molecule has 0 saturated heterocycles. The van der Waals surface area contributed by atoms with Gasteiger partial charge in [-0.3, -0.25) is 9.59 Å². The SMILES string of the molecule is COc1cccc(-c2cc3n(C)c(C)c(CCC(=O)O)c(=O)n3n2)c1. The van der Waals surface area contributed by atoms with E-state index in [1.54, 1.807) is 7.11 Å². The first-order valence-electron chi connectivity index (χ1n) is 7.87. The number of carboxylic acids is 1. The molecule has 1 aromatic carbocycles. The van der Waals surface area contributed by atoms with Crippen molar-refractivity contribution < 1.29 is 14.6 Å². The minimum absolute atomic E-state index is 0.0917. The second kappa shape index (κ2) is 6.43. The summed E-state index contributed by atoms with van der Waals surface area (Å²) in [5, 5.41) is 13.3. The van der Waals surface area contributed by atoms with Crippen LogP contribution in [0.25, 0.3) is 16.9 Å². The molecule has 7 heteroatoms. The number of ether oxygens (including phenoxy) is 1. The van der Waals surface area contributed by atoms with Crippen LogP contribution in [0.4, 0.5) is 0 Å². The van der Waals surface area contributed by atoms with Crippen LogP contribution in [0.2, 0.25) is 0 Å². The van der Waals surface area contributed by atoms with Gasteiger partial charge < -0.3 is 14.4 Å². The molecule has 0 aliphatic heterocycles. The van der Waals surface area contributed by atoms with Crippen molar-refractivity contribution in [2.24, 2.45) is 7.05 Å². The van der Waals surface area contributed by atoms with Gasteiger partial charge in [0, 0.05) is 36.4 Å². The summed E-state index contributed by atoms with van der Waals surface area (Å²) in [5.41, 5.74) is 3.09. The molecular weight excluding hydrogens is 322 g/mol. The molecular formula is C18H19N3O4. The van der Waals surface area contributed by atoms with E-state index in [4.69, 9.17) is 9.84 Å². The quantitative estimate of drug-likeness (QED) is 0.767. The molecule has 0 atom stereocenters. The Hall–Kier alpha value is -3.09. The largest absolute Gasteiger partial charge is 0.497 e. The number of hydrogen-bond donors (Lipinski definition) is 1. The molecule has 2 aromatic heterocycles. The van der Waals surface area contributed by atoms with Gasteiger partial charge in [-0.2, -0.15) is 9.61 Å². The molecule has 0 bridgehead atoms. The summed E-state index contributed by atoms with van der Waals surface area (Å²) < 4.78 is 8.42. The summed E-state index contributed by atoms with van der Waals surface area (Å²) in [5.74, 6) is -0.223. The van der Waals surface area contributed by atoms with Gasteiger partial charge in [-0.15, -0.1) is 0 Å². The maximum Gasteiger partial charge on any atom is 0.303 e. The average Bonchev–Trinajstić information content (AvgIpc) is 3.05. The van der Waals surface area contributed by atoms with E-state index in [2.05, 4.69) is 5.10 Å². The summed E-state index contributed by atoms with van der Waals surface area (Å²) >= 11 is 0. The highest BCUT2D eigenvalue weighted by molar-refractivity contribution is 5.67. The molecule has 0 spiro atoms. The molecule has 1 N–H and O–H groups in total. The predicted molar refractivity (Wildman–Crippen MR) is 93.1 cm³/mol. The van der Waals surface area contributed by atoms with Gasteiger partial charge >= 0.3 is 5.97 Å². The molecule has 0 amide bonds. The van der Waals surface area contributed by atoms with Gasteiger partial charge in [-0.1, -0.05) is 12.1 Å². The maximum atomic E-state index is 12.8. The van der Waals surface area contributed by atoms with Crippen molar-refractivity contribution in [3.05, 3.63) is 51.9 Å². The first kappa shape index (κ1) is 16.8. The third-order valence-electron chi connectivity index (χ3n) is 4.38. The van der Waals surface area contributed by atoms with E-state index in [1.807, 2.05) is 48.9 Å². The Morgan fingerprint density at radius 2 is 2.08 bits per heavy atom. The Morgan fingerprint density at radius 1 is 1.32 bits per heavy atom. The van der Waals surface area contributed by atoms with Crippen molar-refractivity contribution in [3.8, 4) is 17.0 Å². The number of hydrogen-bond acceptors (Lipinski definition) is 4. The van der Waals surface area contributed by atoms with Crippen molar-refractivity contribution in [3.63, 3.8) is 0 Å². The lowest BCUT2D eigenvalue weighted by molar-refractivity contribution is -0.136. The molecule has 0 unspecified atom stereocenters.